The number of sulfonamides is 1. The van der Waals surface area contributed by atoms with Crippen LogP contribution in [-0.4, -0.2) is 48.5 Å². The number of aromatic nitrogens is 2. The van der Waals surface area contributed by atoms with Gasteiger partial charge < -0.3 is 9.47 Å². The van der Waals surface area contributed by atoms with Crippen LogP contribution in [-0.2, 0) is 10.0 Å². The molecule has 3 aromatic rings. The van der Waals surface area contributed by atoms with Crippen LogP contribution in [0.25, 0.3) is 11.0 Å². The smallest absolute Gasteiger partial charge is 0.245 e. The molecule has 1 aliphatic rings. The summed E-state index contributed by atoms with van der Waals surface area (Å²) in [6.07, 6.45) is 3.35. The maximum absolute atomic E-state index is 14.0. The van der Waals surface area contributed by atoms with E-state index in [1.54, 1.807) is 42.7 Å². The van der Waals surface area contributed by atoms with E-state index in [0.29, 0.717) is 42.9 Å². The van der Waals surface area contributed by atoms with Gasteiger partial charge in [-0.25, -0.2) is 17.8 Å². The van der Waals surface area contributed by atoms with Gasteiger partial charge in [0.15, 0.2) is 0 Å². The predicted molar refractivity (Wildman–Crippen MR) is 107 cm³/mol. The van der Waals surface area contributed by atoms with Crippen LogP contribution in [0.1, 0.15) is 19.9 Å². The number of halogens is 1. The van der Waals surface area contributed by atoms with Crippen molar-refractivity contribution in [1.29, 1.82) is 0 Å². The molecule has 1 aliphatic heterocycles. The second kappa shape index (κ2) is 7.18. The predicted octanol–water partition coefficient (Wildman–Crippen LogP) is 3.27. The lowest BCUT2D eigenvalue weighted by molar-refractivity contribution is 0.383. The fraction of sp³-hybridized carbons (Fsp3) is 0.350. The van der Waals surface area contributed by atoms with Crippen LogP contribution in [0.4, 0.5) is 10.1 Å². The molecule has 1 saturated heterocycles. The second-order valence-corrected chi connectivity index (χ2v) is 9.12. The molecule has 0 bridgehead atoms. The molecule has 6 nitrogen and oxygen atoms in total. The van der Waals surface area contributed by atoms with Crippen LogP contribution < -0.4 is 4.90 Å². The van der Waals surface area contributed by atoms with Gasteiger partial charge in [-0.05, 0) is 38.1 Å². The van der Waals surface area contributed by atoms with E-state index in [0.717, 1.165) is 0 Å². The highest BCUT2D eigenvalue weighted by atomic mass is 32.2. The zero-order valence-corrected chi connectivity index (χ0v) is 16.7. The molecule has 0 N–H and O–H groups in total. The Kier molecular flexibility index (Phi) is 4.84. The molecule has 4 rings (SSSR count). The largest absolute Gasteiger partial charge is 0.367 e. The van der Waals surface area contributed by atoms with Gasteiger partial charge in [-0.1, -0.05) is 12.1 Å². The summed E-state index contributed by atoms with van der Waals surface area (Å²) in [5.74, 6) is -0.287. The monoisotopic (exact) mass is 402 g/mol. The number of fused-ring (bicyclic) bond motifs is 1. The summed E-state index contributed by atoms with van der Waals surface area (Å²) in [7, 11) is -3.66. The van der Waals surface area contributed by atoms with Crippen LogP contribution in [0.5, 0.6) is 0 Å². The van der Waals surface area contributed by atoms with E-state index < -0.39 is 10.0 Å². The van der Waals surface area contributed by atoms with Crippen LogP contribution in [0.2, 0.25) is 0 Å². The normalized spacial score (nSPS) is 16.2. The Morgan fingerprint density at radius 3 is 2.43 bits per heavy atom. The van der Waals surface area contributed by atoms with Gasteiger partial charge in [0.25, 0.3) is 0 Å². The summed E-state index contributed by atoms with van der Waals surface area (Å²) in [6, 6.07) is 10.2. The van der Waals surface area contributed by atoms with Crippen molar-refractivity contribution in [1.82, 2.24) is 13.9 Å². The van der Waals surface area contributed by atoms with Crippen LogP contribution in [0, 0.1) is 5.82 Å². The van der Waals surface area contributed by atoms with Crippen LogP contribution >= 0.6 is 0 Å². The third-order valence-electron chi connectivity index (χ3n) is 5.16. The lowest BCUT2D eigenvalue weighted by Gasteiger charge is -2.35. The number of benzene rings is 1. The number of anilines is 1. The second-order valence-electron chi connectivity index (χ2n) is 7.21. The van der Waals surface area contributed by atoms with E-state index >= 15 is 0 Å². The molecule has 0 radical (unpaired) electrons. The summed E-state index contributed by atoms with van der Waals surface area (Å²) < 4.78 is 44.1. The summed E-state index contributed by atoms with van der Waals surface area (Å²) >= 11 is 0. The molecule has 1 aromatic carbocycles. The lowest BCUT2D eigenvalue weighted by atomic mass is 10.2. The third kappa shape index (κ3) is 3.16. The first-order valence-corrected chi connectivity index (χ1v) is 10.8. The molecule has 0 amide bonds. The average molecular weight is 402 g/mol. The topological polar surface area (TPSA) is 58.4 Å². The van der Waals surface area contributed by atoms with Crippen molar-refractivity contribution < 1.29 is 12.8 Å². The Bertz CT molecular complexity index is 1100. The minimum absolute atomic E-state index is 0.0965. The van der Waals surface area contributed by atoms with Crippen molar-refractivity contribution in [3.63, 3.8) is 0 Å². The van der Waals surface area contributed by atoms with Gasteiger partial charge in [0.05, 0.1) is 5.69 Å². The first-order valence-electron chi connectivity index (χ1n) is 9.35. The molecular weight excluding hydrogens is 379 g/mol. The summed E-state index contributed by atoms with van der Waals surface area (Å²) in [4.78, 5) is 6.54. The standard InChI is InChI=1S/C20H23FN4O2S/c1-15(2)25-14-19(16-6-5-9-22-20(16)25)28(26,27)24-12-10-23(11-13-24)18-8-4-3-7-17(18)21/h3-9,14-15H,10-13H2,1-2H3. The molecular formula is C20H23FN4O2S. The maximum Gasteiger partial charge on any atom is 0.245 e. The van der Waals surface area contributed by atoms with Gasteiger partial charge in [0.1, 0.15) is 16.4 Å². The molecule has 0 saturated carbocycles. The fourth-order valence-corrected chi connectivity index (χ4v) is 5.27. The SMILES string of the molecule is CC(C)n1cc(S(=O)(=O)N2CCN(c3ccccc3F)CC2)c2cccnc21. The number of piperazine rings is 1. The number of pyridine rings is 1. The Balaban J connectivity index is 1.62. The van der Waals surface area contributed by atoms with Crippen molar-refractivity contribution in [3.05, 3.63) is 54.6 Å². The van der Waals surface area contributed by atoms with Crippen molar-refractivity contribution in [2.24, 2.45) is 0 Å². The Morgan fingerprint density at radius 1 is 1.04 bits per heavy atom. The molecule has 148 valence electrons. The Labute approximate surface area is 164 Å². The van der Waals surface area contributed by atoms with Crippen LogP contribution in [0.15, 0.2) is 53.7 Å². The minimum atomic E-state index is -3.66. The van der Waals surface area contributed by atoms with E-state index in [1.165, 1.54) is 10.4 Å². The molecule has 3 heterocycles. The molecule has 1 fully saturated rings. The zero-order valence-electron chi connectivity index (χ0n) is 15.9. The van der Waals surface area contributed by atoms with Crippen molar-refractivity contribution in [3.8, 4) is 0 Å². The molecule has 0 atom stereocenters. The fourth-order valence-electron chi connectivity index (χ4n) is 3.67. The quantitative estimate of drug-likeness (QED) is 0.672. The number of rotatable bonds is 4. The summed E-state index contributed by atoms with van der Waals surface area (Å²) in [5.41, 5.74) is 1.18. The van der Waals surface area contributed by atoms with Crippen molar-refractivity contribution in [2.75, 3.05) is 31.1 Å². The van der Waals surface area contributed by atoms with Gasteiger partial charge in [-0.15, -0.1) is 0 Å². The number of para-hydroxylation sites is 1. The highest BCUT2D eigenvalue weighted by molar-refractivity contribution is 7.89. The molecule has 0 unspecified atom stereocenters. The number of hydrogen-bond acceptors (Lipinski definition) is 4. The molecule has 28 heavy (non-hydrogen) atoms. The third-order valence-corrected chi connectivity index (χ3v) is 7.09. The molecule has 8 heteroatoms. The zero-order chi connectivity index (χ0) is 19.9. The first kappa shape index (κ1) is 18.9. The van der Waals surface area contributed by atoms with Crippen molar-refractivity contribution in [2.45, 2.75) is 24.8 Å². The average Bonchev–Trinajstić information content (AvgIpc) is 3.09. The molecule has 0 spiro atoms. The number of nitrogens with zero attached hydrogens (tertiary/aromatic N) is 4. The van der Waals surface area contributed by atoms with Gasteiger partial charge in [-0.2, -0.15) is 4.31 Å². The van der Waals surface area contributed by atoms with E-state index in [1.807, 2.05) is 23.3 Å². The van der Waals surface area contributed by atoms with E-state index in [-0.39, 0.29) is 16.8 Å². The van der Waals surface area contributed by atoms with Crippen molar-refractivity contribution >= 4 is 26.7 Å². The number of hydrogen-bond donors (Lipinski definition) is 0. The summed E-state index contributed by atoms with van der Waals surface area (Å²) in [6.45, 7) is 5.51. The minimum Gasteiger partial charge on any atom is -0.367 e. The maximum atomic E-state index is 14.0. The molecule has 0 aliphatic carbocycles. The highest BCUT2D eigenvalue weighted by Crippen LogP contribution is 2.30. The van der Waals surface area contributed by atoms with Gasteiger partial charge in [0.2, 0.25) is 10.0 Å². The summed E-state index contributed by atoms with van der Waals surface area (Å²) in [5, 5.41) is 0.632. The first-order chi connectivity index (χ1) is 13.4. The van der Waals surface area contributed by atoms with Crippen LogP contribution in [0.3, 0.4) is 0 Å². The van der Waals surface area contributed by atoms with Gasteiger partial charge in [-0.3, -0.25) is 0 Å². The molecule has 2 aromatic heterocycles. The van der Waals surface area contributed by atoms with Gasteiger partial charge >= 0.3 is 0 Å². The van der Waals surface area contributed by atoms with E-state index in [2.05, 4.69) is 4.98 Å². The van der Waals surface area contributed by atoms with Gasteiger partial charge in [0, 0.05) is 50.0 Å². The Morgan fingerprint density at radius 2 is 1.75 bits per heavy atom. The lowest BCUT2D eigenvalue weighted by Crippen LogP contribution is -2.48. The Hall–Kier alpha value is -2.45. The highest BCUT2D eigenvalue weighted by Gasteiger charge is 2.32. The van der Waals surface area contributed by atoms with E-state index in [9.17, 15) is 12.8 Å². The van der Waals surface area contributed by atoms with E-state index in [4.69, 9.17) is 0 Å².